The van der Waals surface area contributed by atoms with Crippen molar-refractivity contribution in [2.24, 2.45) is 0 Å². The molecule has 2 aromatic heterocycles. The predicted octanol–water partition coefficient (Wildman–Crippen LogP) is 4.41. The molecule has 4 N–H and O–H groups in total. The van der Waals surface area contributed by atoms with Crippen molar-refractivity contribution in [1.29, 1.82) is 0 Å². The monoisotopic (exact) mass is 981 g/mol. The fraction of sp³-hybridized carbons (Fsp3) is 0.362. The third-order valence-electron chi connectivity index (χ3n) is 11.4. The van der Waals surface area contributed by atoms with E-state index in [4.69, 9.17) is 30.5 Å². The number of anilines is 4. The summed E-state index contributed by atoms with van der Waals surface area (Å²) in [6, 6.07) is 10.9. The number of nitrogens with one attached hydrogen (secondary N) is 4. The first kappa shape index (κ1) is 49.2. The standard InChI is InChI=1S/C47H49ClFN11O10/c48-33-22-29(9-10-34(33)49)52-44-32-23-37(54-40(61)8-5-15-58-13-2-1-3-14-58)39(24-36(32)50-28-51-44)70-26-30-25-59(57-56-30)16-17-67-18-19-68-20-21-69-27-42(63)53-35-7-4-6-31-43(35)47(66)60(46(31)65)38-11-12-41(62)55-45(38)64/h4-10,22-25,28,38H,1-3,11-21,26-27H2,(H,53,63)(H,54,61)(H,50,51,52)(H,55,62,64)/b8-5+. The Morgan fingerprint density at radius 1 is 0.900 bits per heavy atom. The molecule has 5 heterocycles. The number of carbonyl (C=O) groups is 6. The minimum atomic E-state index is -1.13. The average Bonchev–Trinajstić information content (AvgIpc) is 3.91. The fourth-order valence-corrected chi connectivity index (χ4v) is 8.15. The Morgan fingerprint density at radius 3 is 2.50 bits per heavy atom. The van der Waals surface area contributed by atoms with Gasteiger partial charge in [-0.1, -0.05) is 35.4 Å². The van der Waals surface area contributed by atoms with E-state index in [0.717, 1.165) is 30.8 Å². The number of amides is 6. The van der Waals surface area contributed by atoms with E-state index in [0.29, 0.717) is 59.2 Å². The third-order valence-corrected chi connectivity index (χ3v) is 11.7. The number of halogens is 2. The number of piperidine rings is 2. The fourth-order valence-electron chi connectivity index (χ4n) is 7.97. The van der Waals surface area contributed by atoms with Crippen molar-refractivity contribution in [3.8, 4) is 5.75 Å². The molecule has 70 heavy (non-hydrogen) atoms. The molecule has 0 saturated carbocycles. The summed E-state index contributed by atoms with van der Waals surface area (Å²) in [6.45, 7) is 3.81. The van der Waals surface area contributed by atoms with Crippen LogP contribution in [0.1, 0.15) is 58.5 Å². The lowest BCUT2D eigenvalue weighted by molar-refractivity contribution is -0.136. The molecule has 3 aliphatic rings. The minimum Gasteiger partial charge on any atom is -0.485 e. The first-order valence-corrected chi connectivity index (χ1v) is 23.0. The van der Waals surface area contributed by atoms with Gasteiger partial charge in [-0.3, -0.25) is 43.9 Å². The van der Waals surface area contributed by atoms with Gasteiger partial charge in [0.2, 0.25) is 23.6 Å². The Hall–Kier alpha value is -7.24. The van der Waals surface area contributed by atoms with Gasteiger partial charge in [-0.15, -0.1) is 5.10 Å². The number of fused-ring (bicyclic) bond motifs is 2. The Balaban J connectivity index is 0.761. The summed E-state index contributed by atoms with van der Waals surface area (Å²) in [5.41, 5.74) is 2.00. The van der Waals surface area contributed by atoms with E-state index in [2.05, 4.69) is 46.4 Å². The second kappa shape index (κ2) is 23.4. The van der Waals surface area contributed by atoms with Crippen LogP contribution in [0.4, 0.5) is 27.3 Å². The van der Waals surface area contributed by atoms with Crippen molar-refractivity contribution >= 4 is 80.8 Å². The van der Waals surface area contributed by atoms with Crippen molar-refractivity contribution in [2.75, 3.05) is 75.2 Å². The van der Waals surface area contributed by atoms with E-state index in [1.54, 1.807) is 23.0 Å². The maximum Gasteiger partial charge on any atom is 0.264 e. The summed E-state index contributed by atoms with van der Waals surface area (Å²) in [6.07, 6.45) is 9.93. The van der Waals surface area contributed by atoms with Gasteiger partial charge in [-0.25, -0.2) is 19.0 Å². The van der Waals surface area contributed by atoms with Crippen molar-refractivity contribution in [1.82, 2.24) is 40.1 Å². The van der Waals surface area contributed by atoms with Crippen LogP contribution in [0.5, 0.6) is 5.75 Å². The lowest BCUT2D eigenvalue weighted by Gasteiger charge is -2.27. The van der Waals surface area contributed by atoms with Crippen LogP contribution in [0, 0.1) is 5.82 Å². The van der Waals surface area contributed by atoms with Crippen molar-refractivity contribution in [3.05, 3.63) is 101 Å². The first-order valence-electron chi connectivity index (χ1n) is 22.6. The maximum atomic E-state index is 13.9. The van der Waals surface area contributed by atoms with Gasteiger partial charge < -0.3 is 34.9 Å². The normalized spacial score (nSPS) is 16.2. The number of aromatic nitrogens is 5. The zero-order valence-corrected chi connectivity index (χ0v) is 38.5. The summed E-state index contributed by atoms with van der Waals surface area (Å²) in [7, 11) is 0. The van der Waals surface area contributed by atoms with Gasteiger partial charge in [-0.05, 0) is 68.8 Å². The summed E-state index contributed by atoms with van der Waals surface area (Å²) in [5, 5.41) is 19.7. The molecule has 366 valence electrons. The highest BCUT2D eigenvalue weighted by Crippen LogP contribution is 2.35. The minimum absolute atomic E-state index is 0.0105. The van der Waals surface area contributed by atoms with Gasteiger partial charge in [0, 0.05) is 36.2 Å². The van der Waals surface area contributed by atoms with Gasteiger partial charge in [-0.2, -0.15) is 0 Å². The van der Waals surface area contributed by atoms with E-state index < -0.39 is 41.4 Å². The SMILES string of the molecule is O=C(/C=C/CN1CCCCC1)Nc1cc2c(Nc3ccc(F)c(Cl)c3)ncnc2cc1OCc1cn(CCOCCOCCOCC(=O)Nc2cccc3c2C(=O)N(C2CCC(=O)NC2=O)C3=O)nn1. The predicted molar refractivity (Wildman–Crippen MR) is 251 cm³/mol. The number of benzene rings is 3. The molecule has 1 unspecified atom stereocenters. The molecule has 2 saturated heterocycles. The molecule has 0 aliphatic carbocycles. The van der Waals surface area contributed by atoms with Crippen LogP contribution < -0.4 is 26.0 Å². The van der Waals surface area contributed by atoms with E-state index in [-0.39, 0.29) is 80.2 Å². The molecule has 3 aromatic carbocycles. The summed E-state index contributed by atoms with van der Waals surface area (Å²) < 4.78 is 38.3. The van der Waals surface area contributed by atoms with Gasteiger partial charge in [0.1, 0.15) is 48.7 Å². The maximum absolute atomic E-state index is 13.9. The number of ether oxygens (including phenoxy) is 4. The molecular formula is C47H49ClFN11O10. The van der Waals surface area contributed by atoms with E-state index >= 15 is 0 Å². The molecule has 5 aromatic rings. The molecule has 23 heteroatoms. The molecule has 21 nitrogen and oxygen atoms in total. The molecule has 0 spiro atoms. The Labute approximate surface area is 405 Å². The molecular weight excluding hydrogens is 933 g/mol. The third kappa shape index (κ3) is 12.5. The lowest BCUT2D eigenvalue weighted by atomic mass is 10.0. The largest absolute Gasteiger partial charge is 0.485 e. The highest BCUT2D eigenvalue weighted by molar-refractivity contribution is 6.31. The molecule has 0 radical (unpaired) electrons. The zero-order valence-electron chi connectivity index (χ0n) is 37.8. The lowest BCUT2D eigenvalue weighted by Crippen LogP contribution is -2.54. The number of hydrogen-bond donors (Lipinski definition) is 4. The molecule has 8 rings (SSSR count). The van der Waals surface area contributed by atoms with Gasteiger partial charge >= 0.3 is 0 Å². The smallest absolute Gasteiger partial charge is 0.264 e. The van der Waals surface area contributed by atoms with Crippen LogP contribution in [0.25, 0.3) is 10.9 Å². The summed E-state index contributed by atoms with van der Waals surface area (Å²) in [5.74, 6) is -3.36. The average molecular weight is 982 g/mol. The van der Waals surface area contributed by atoms with E-state index in [1.807, 2.05) is 6.08 Å². The van der Waals surface area contributed by atoms with E-state index in [9.17, 15) is 33.2 Å². The number of likely N-dealkylation sites (tertiary alicyclic amines) is 1. The van der Waals surface area contributed by atoms with E-state index in [1.165, 1.54) is 55.2 Å². The second-order valence-corrected chi connectivity index (χ2v) is 16.8. The molecule has 2 fully saturated rings. The Bertz CT molecular complexity index is 2800. The van der Waals surface area contributed by atoms with Crippen LogP contribution in [-0.2, 0) is 46.5 Å². The first-order chi connectivity index (χ1) is 34.0. The van der Waals surface area contributed by atoms with Crippen LogP contribution in [0.2, 0.25) is 5.02 Å². The number of hydrogen-bond acceptors (Lipinski definition) is 16. The van der Waals surface area contributed by atoms with Crippen LogP contribution in [-0.4, -0.2) is 136 Å². The molecule has 0 bridgehead atoms. The quantitative estimate of drug-likeness (QED) is 0.0426. The van der Waals surface area contributed by atoms with Crippen molar-refractivity contribution < 1.29 is 52.1 Å². The van der Waals surface area contributed by atoms with Gasteiger partial charge in [0.25, 0.3) is 11.8 Å². The zero-order chi connectivity index (χ0) is 49.0. The van der Waals surface area contributed by atoms with Crippen molar-refractivity contribution in [2.45, 2.75) is 51.3 Å². The topological polar surface area (TPSA) is 250 Å². The summed E-state index contributed by atoms with van der Waals surface area (Å²) in [4.78, 5) is 88.1. The van der Waals surface area contributed by atoms with Crippen LogP contribution >= 0.6 is 11.6 Å². The van der Waals surface area contributed by atoms with Crippen molar-refractivity contribution in [3.63, 3.8) is 0 Å². The highest BCUT2D eigenvalue weighted by Gasteiger charge is 2.45. The molecule has 1 atom stereocenters. The van der Waals surface area contributed by atoms with Crippen LogP contribution in [0.3, 0.4) is 0 Å². The number of nitrogens with zero attached hydrogens (tertiary/aromatic N) is 7. The number of carbonyl (C=O) groups excluding carboxylic acids is 6. The molecule has 3 aliphatic heterocycles. The summed E-state index contributed by atoms with van der Waals surface area (Å²) >= 11 is 6.02. The Morgan fingerprint density at radius 2 is 1.70 bits per heavy atom. The van der Waals surface area contributed by atoms with Gasteiger partial charge in [0.15, 0.2) is 0 Å². The molecule has 6 amide bonds. The Kier molecular flexibility index (Phi) is 16.4. The number of rotatable bonds is 22. The highest BCUT2D eigenvalue weighted by atomic mass is 35.5. The van der Waals surface area contributed by atoms with Gasteiger partial charge in [0.05, 0.1) is 78.8 Å². The van der Waals surface area contributed by atoms with Crippen LogP contribution in [0.15, 0.2) is 73.2 Å². The second-order valence-electron chi connectivity index (χ2n) is 16.4. The number of imide groups is 2.